The summed E-state index contributed by atoms with van der Waals surface area (Å²) < 4.78 is 0. The van der Waals surface area contributed by atoms with Crippen LogP contribution in [-0.4, -0.2) is 12.1 Å². The third-order valence-corrected chi connectivity index (χ3v) is 2.57. The molecule has 66 valence electrons. The van der Waals surface area contributed by atoms with Crippen LogP contribution in [0.25, 0.3) is 0 Å². The Balaban J connectivity index is 2.30. The standard InChI is InChI=1S/C11H10O2/c12-8-9-1-4-11(7-9)5-2-10(13)3-6-11/h2-3,5-8H,1,4H2. The first kappa shape index (κ1) is 8.17. The number of allylic oxidation sites excluding steroid dienone is 6. The lowest BCUT2D eigenvalue weighted by Gasteiger charge is -2.19. The zero-order valence-corrected chi connectivity index (χ0v) is 7.19. The van der Waals surface area contributed by atoms with Crippen molar-refractivity contribution in [3.05, 3.63) is 36.0 Å². The molecule has 0 unspecified atom stereocenters. The number of carbonyl (C=O) groups is 2. The molecular weight excluding hydrogens is 164 g/mol. The Morgan fingerprint density at radius 2 is 2.00 bits per heavy atom. The molecule has 0 aliphatic heterocycles. The number of hydrogen-bond acceptors (Lipinski definition) is 2. The summed E-state index contributed by atoms with van der Waals surface area (Å²) in [5, 5.41) is 0. The summed E-state index contributed by atoms with van der Waals surface area (Å²) >= 11 is 0. The normalized spacial score (nSPS) is 23.7. The first-order chi connectivity index (χ1) is 6.24. The summed E-state index contributed by atoms with van der Waals surface area (Å²) in [5.74, 6) is 0.0265. The first-order valence-corrected chi connectivity index (χ1v) is 4.33. The number of rotatable bonds is 1. The molecule has 2 aliphatic carbocycles. The molecule has 2 nitrogen and oxygen atoms in total. The molecule has 0 amide bonds. The maximum atomic E-state index is 10.9. The van der Waals surface area contributed by atoms with Gasteiger partial charge in [0.1, 0.15) is 6.29 Å². The maximum Gasteiger partial charge on any atom is 0.178 e. The van der Waals surface area contributed by atoms with E-state index in [0.717, 1.165) is 24.7 Å². The van der Waals surface area contributed by atoms with Crippen LogP contribution in [0.2, 0.25) is 0 Å². The third kappa shape index (κ3) is 1.39. The molecule has 1 spiro atoms. The Kier molecular flexibility index (Phi) is 1.76. The fraction of sp³-hybridized carbons (Fsp3) is 0.273. The van der Waals surface area contributed by atoms with Gasteiger partial charge in [-0.3, -0.25) is 9.59 Å². The number of aldehydes is 1. The molecular formula is C11H10O2. The smallest absolute Gasteiger partial charge is 0.178 e. The summed E-state index contributed by atoms with van der Waals surface area (Å²) in [6.07, 6.45) is 11.5. The fourth-order valence-electron chi connectivity index (χ4n) is 1.79. The van der Waals surface area contributed by atoms with Gasteiger partial charge in [0, 0.05) is 5.41 Å². The van der Waals surface area contributed by atoms with E-state index in [4.69, 9.17) is 0 Å². The van der Waals surface area contributed by atoms with Gasteiger partial charge in [-0.1, -0.05) is 18.2 Å². The highest BCUT2D eigenvalue weighted by Gasteiger charge is 2.29. The molecule has 13 heavy (non-hydrogen) atoms. The SMILES string of the molecule is O=CC1=CC2(C=CC(=O)C=C2)CC1. The second-order valence-electron chi connectivity index (χ2n) is 3.52. The first-order valence-electron chi connectivity index (χ1n) is 4.33. The van der Waals surface area contributed by atoms with E-state index in [2.05, 4.69) is 0 Å². The third-order valence-electron chi connectivity index (χ3n) is 2.57. The molecule has 0 aromatic rings. The van der Waals surface area contributed by atoms with Gasteiger partial charge in [0.05, 0.1) is 0 Å². The molecule has 0 aromatic heterocycles. The average molecular weight is 174 g/mol. The monoisotopic (exact) mass is 174 g/mol. The molecule has 0 saturated heterocycles. The van der Waals surface area contributed by atoms with E-state index < -0.39 is 0 Å². The van der Waals surface area contributed by atoms with Gasteiger partial charge in [-0.25, -0.2) is 0 Å². The summed E-state index contributed by atoms with van der Waals surface area (Å²) in [4.78, 5) is 21.4. The fourth-order valence-corrected chi connectivity index (χ4v) is 1.79. The second kappa shape index (κ2) is 2.80. The van der Waals surface area contributed by atoms with Crippen molar-refractivity contribution < 1.29 is 9.59 Å². The van der Waals surface area contributed by atoms with E-state index in [1.165, 1.54) is 0 Å². The van der Waals surface area contributed by atoms with Crippen molar-refractivity contribution in [2.24, 2.45) is 5.41 Å². The Morgan fingerprint density at radius 3 is 2.54 bits per heavy atom. The van der Waals surface area contributed by atoms with Crippen LogP contribution in [0.4, 0.5) is 0 Å². The average Bonchev–Trinajstić information content (AvgIpc) is 2.55. The van der Waals surface area contributed by atoms with Crippen LogP contribution in [0, 0.1) is 5.41 Å². The van der Waals surface area contributed by atoms with E-state index >= 15 is 0 Å². The van der Waals surface area contributed by atoms with Crippen LogP contribution in [0.3, 0.4) is 0 Å². The zero-order valence-electron chi connectivity index (χ0n) is 7.19. The maximum absolute atomic E-state index is 10.9. The Morgan fingerprint density at radius 1 is 1.31 bits per heavy atom. The highest BCUT2D eigenvalue weighted by atomic mass is 16.1. The summed E-state index contributed by atoms with van der Waals surface area (Å²) in [7, 11) is 0. The Labute approximate surface area is 76.6 Å². The van der Waals surface area contributed by atoms with Crippen LogP contribution in [0.15, 0.2) is 36.0 Å². The largest absolute Gasteiger partial charge is 0.298 e. The van der Waals surface area contributed by atoms with Gasteiger partial charge in [-0.05, 0) is 30.6 Å². The van der Waals surface area contributed by atoms with Gasteiger partial charge in [0.15, 0.2) is 5.78 Å². The van der Waals surface area contributed by atoms with Gasteiger partial charge in [0.2, 0.25) is 0 Å². The molecule has 0 atom stereocenters. The second-order valence-corrected chi connectivity index (χ2v) is 3.52. The van der Waals surface area contributed by atoms with Gasteiger partial charge in [-0.2, -0.15) is 0 Å². The highest BCUT2D eigenvalue weighted by Crippen LogP contribution is 2.39. The molecule has 0 heterocycles. The van der Waals surface area contributed by atoms with E-state index in [1.807, 2.05) is 18.2 Å². The highest BCUT2D eigenvalue weighted by molar-refractivity contribution is 6.00. The molecule has 0 radical (unpaired) electrons. The summed E-state index contributed by atoms with van der Waals surface area (Å²) in [6, 6.07) is 0. The molecule has 0 bridgehead atoms. The van der Waals surface area contributed by atoms with Crippen molar-refractivity contribution in [1.82, 2.24) is 0 Å². The summed E-state index contributed by atoms with van der Waals surface area (Å²) in [6.45, 7) is 0. The molecule has 0 aromatic carbocycles. The van der Waals surface area contributed by atoms with Crippen molar-refractivity contribution in [3.63, 3.8) is 0 Å². The minimum absolute atomic E-state index is 0.0265. The summed E-state index contributed by atoms with van der Waals surface area (Å²) in [5.41, 5.74) is 0.688. The van der Waals surface area contributed by atoms with E-state index in [-0.39, 0.29) is 11.2 Å². The molecule has 2 heteroatoms. The van der Waals surface area contributed by atoms with Crippen molar-refractivity contribution in [2.45, 2.75) is 12.8 Å². The van der Waals surface area contributed by atoms with Gasteiger partial charge < -0.3 is 0 Å². The molecule has 2 rings (SSSR count). The quantitative estimate of drug-likeness (QED) is 0.566. The zero-order chi connectivity index (χ0) is 9.31. The Hall–Kier alpha value is -1.44. The number of hydrogen-bond donors (Lipinski definition) is 0. The predicted molar refractivity (Wildman–Crippen MR) is 49.1 cm³/mol. The molecule has 2 aliphatic rings. The molecule has 0 saturated carbocycles. The van der Waals surface area contributed by atoms with Crippen LogP contribution < -0.4 is 0 Å². The van der Waals surface area contributed by atoms with Crippen molar-refractivity contribution >= 4 is 12.1 Å². The number of ketones is 1. The van der Waals surface area contributed by atoms with Gasteiger partial charge in [-0.15, -0.1) is 0 Å². The van der Waals surface area contributed by atoms with Crippen molar-refractivity contribution in [2.75, 3.05) is 0 Å². The van der Waals surface area contributed by atoms with Crippen LogP contribution in [-0.2, 0) is 9.59 Å². The van der Waals surface area contributed by atoms with Crippen LogP contribution in [0.1, 0.15) is 12.8 Å². The molecule has 0 N–H and O–H groups in total. The number of carbonyl (C=O) groups excluding carboxylic acids is 2. The van der Waals surface area contributed by atoms with Crippen LogP contribution in [0.5, 0.6) is 0 Å². The van der Waals surface area contributed by atoms with Crippen LogP contribution >= 0.6 is 0 Å². The lowest BCUT2D eigenvalue weighted by molar-refractivity contribution is -0.110. The van der Waals surface area contributed by atoms with E-state index in [9.17, 15) is 9.59 Å². The van der Waals surface area contributed by atoms with Crippen molar-refractivity contribution in [1.29, 1.82) is 0 Å². The predicted octanol–water partition coefficient (Wildman–Crippen LogP) is 1.59. The van der Waals surface area contributed by atoms with Gasteiger partial charge >= 0.3 is 0 Å². The van der Waals surface area contributed by atoms with E-state index in [1.54, 1.807) is 12.2 Å². The molecule has 0 fully saturated rings. The minimum Gasteiger partial charge on any atom is -0.298 e. The lowest BCUT2D eigenvalue weighted by Crippen LogP contribution is -2.12. The topological polar surface area (TPSA) is 34.1 Å². The minimum atomic E-state index is -0.149. The lowest BCUT2D eigenvalue weighted by atomic mass is 9.84. The Bertz CT molecular complexity index is 329. The van der Waals surface area contributed by atoms with E-state index in [0.29, 0.717) is 0 Å². The van der Waals surface area contributed by atoms with Crippen molar-refractivity contribution in [3.8, 4) is 0 Å². The van der Waals surface area contributed by atoms with Gasteiger partial charge in [0.25, 0.3) is 0 Å².